The van der Waals surface area contributed by atoms with Crippen LogP contribution in [-0.2, 0) is 4.74 Å². The molecule has 1 aliphatic heterocycles. The Morgan fingerprint density at radius 3 is 2.29 bits per heavy atom. The van der Waals surface area contributed by atoms with Gasteiger partial charge in [0, 0.05) is 0 Å². The number of ether oxygens (including phenoxy) is 1. The first-order valence-corrected chi connectivity index (χ1v) is 5.13. The predicted octanol–water partition coefficient (Wildman–Crippen LogP) is 4.25. The molecule has 0 unspecified atom stereocenters. The van der Waals surface area contributed by atoms with E-state index in [2.05, 4.69) is 13.2 Å². The molecule has 0 amide bonds. The number of allylic oxidation sites excluding steroid dienone is 3. The van der Waals surface area contributed by atoms with Gasteiger partial charge in [-0.1, -0.05) is 53.0 Å². The Hall–Kier alpha value is -1.24. The molecular formula is C13H22O. The first-order chi connectivity index (χ1) is 6.84. The van der Waals surface area contributed by atoms with E-state index in [1.54, 1.807) is 12.3 Å². The van der Waals surface area contributed by atoms with Gasteiger partial charge in [0.15, 0.2) is 0 Å². The van der Waals surface area contributed by atoms with Crippen molar-refractivity contribution < 1.29 is 4.74 Å². The Balaban J connectivity index is 0. The maximum atomic E-state index is 5.05. The van der Waals surface area contributed by atoms with Gasteiger partial charge in [0.25, 0.3) is 0 Å². The van der Waals surface area contributed by atoms with Gasteiger partial charge in [-0.3, -0.25) is 0 Å². The largest absolute Gasteiger partial charge is 0.496 e. The van der Waals surface area contributed by atoms with Crippen molar-refractivity contribution >= 4 is 0 Å². The van der Waals surface area contributed by atoms with E-state index in [-0.39, 0.29) is 0 Å². The smallest absolute Gasteiger partial charge is 0.113 e. The lowest BCUT2D eigenvalue weighted by atomic mass is 10.1. The minimum atomic E-state index is 0.612. The van der Waals surface area contributed by atoms with Crippen LogP contribution >= 0.6 is 0 Å². The molecule has 0 aromatic carbocycles. The van der Waals surface area contributed by atoms with Crippen molar-refractivity contribution in [1.82, 2.24) is 0 Å². The summed E-state index contributed by atoms with van der Waals surface area (Å²) < 4.78 is 5.05. The Morgan fingerprint density at radius 1 is 1.29 bits per heavy atom. The quantitative estimate of drug-likeness (QED) is 0.606. The first kappa shape index (κ1) is 15.2. The Labute approximate surface area is 88.5 Å². The van der Waals surface area contributed by atoms with E-state index in [4.69, 9.17) is 4.74 Å². The van der Waals surface area contributed by atoms with Crippen LogP contribution in [0.25, 0.3) is 0 Å². The van der Waals surface area contributed by atoms with Crippen LogP contribution in [0.1, 0.15) is 27.7 Å². The third kappa shape index (κ3) is 6.30. The lowest BCUT2D eigenvalue weighted by molar-refractivity contribution is 0.276. The van der Waals surface area contributed by atoms with Gasteiger partial charge < -0.3 is 4.74 Å². The maximum Gasteiger partial charge on any atom is 0.113 e. The van der Waals surface area contributed by atoms with Gasteiger partial charge in [0.05, 0.1) is 6.26 Å². The second kappa shape index (κ2) is 11.8. The minimum Gasteiger partial charge on any atom is -0.496 e. The zero-order valence-electron chi connectivity index (χ0n) is 9.84. The standard InChI is InChI=1S/C9H10O.2C2H6/c1-3-4-9-7-10-6-5-8(9)2;2*1-2/h3-6H,1-2,7H2;2*1-2H3/b9-4-;;. The van der Waals surface area contributed by atoms with E-state index in [0.29, 0.717) is 6.61 Å². The average Bonchev–Trinajstić information content (AvgIpc) is 2.28. The Bertz CT molecular complexity index is 209. The van der Waals surface area contributed by atoms with Crippen LogP contribution in [0.3, 0.4) is 0 Å². The molecule has 1 aliphatic rings. The van der Waals surface area contributed by atoms with Gasteiger partial charge in [-0.15, -0.1) is 0 Å². The highest BCUT2D eigenvalue weighted by Crippen LogP contribution is 2.14. The minimum absolute atomic E-state index is 0.612. The molecule has 1 heterocycles. The van der Waals surface area contributed by atoms with E-state index >= 15 is 0 Å². The molecule has 80 valence electrons. The fourth-order valence-corrected chi connectivity index (χ4v) is 0.765. The van der Waals surface area contributed by atoms with Gasteiger partial charge in [0.2, 0.25) is 0 Å². The molecule has 0 saturated carbocycles. The van der Waals surface area contributed by atoms with Crippen molar-refractivity contribution in [1.29, 1.82) is 0 Å². The predicted molar refractivity (Wildman–Crippen MR) is 65.2 cm³/mol. The van der Waals surface area contributed by atoms with Crippen LogP contribution in [0.5, 0.6) is 0 Å². The highest BCUT2D eigenvalue weighted by molar-refractivity contribution is 5.40. The van der Waals surface area contributed by atoms with Crippen LogP contribution in [0.15, 0.2) is 48.8 Å². The lowest BCUT2D eigenvalue weighted by Crippen LogP contribution is -1.99. The fraction of sp³-hybridized carbons (Fsp3) is 0.385. The second-order valence-electron chi connectivity index (χ2n) is 2.07. The molecule has 0 N–H and O–H groups in total. The highest BCUT2D eigenvalue weighted by atomic mass is 16.5. The molecule has 0 aromatic heterocycles. The van der Waals surface area contributed by atoms with Crippen LogP contribution in [0.2, 0.25) is 0 Å². The fourth-order valence-electron chi connectivity index (χ4n) is 0.765. The summed E-state index contributed by atoms with van der Waals surface area (Å²) in [6, 6.07) is 0. The topological polar surface area (TPSA) is 9.23 Å². The van der Waals surface area contributed by atoms with Gasteiger partial charge in [0.1, 0.15) is 6.61 Å². The Kier molecular flexibility index (Phi) is 12.8. The summed E-state index contributed by atoms with van der Waals surface area (Å²) in [7, 11) is 0. The zero-order valence-corrected chi connectivity index (χ0v) is 9.84. The lowest BCUT2D eigenvalue weighted by Gasteiger charge is -2.11. The molecule has 1 heteroatoms. The summed E-state index contributed by atoms with van der Waals surface area (Å²) in [6.45, 7) is 16.0. The van der Waals surface area contributed by atoms with Gasteiger partial charge >= 0.3 is 0 Å². The summed E-state index contributed by atoms with van der Waals surface area (Å²) in [6.07, 6.45) is 7.15. The van der Waals surface area contributed by atoms with Crippen molar-refractivity contribution in [2.45, 2.75) is 27.7 Å². The molecule has 0 spiro atoms. The van der Waals surface area contributed by atoms with Crippen LogP contribution in [0, 0.1) is 0 Å². The molecule has 0 saturated heterocycles. The molecule has 0 fully saturated rings. The van der Waals surface area contributed by atoms with Gasteiger partial charge in [-0.2, -0.15) is 0 Å². The molecule has 1 nitrogen and oxygen atoms in total. The third-order valence-electron chi connectivity index (χ3n) is 1.34. The SMILES string of the molecule is C=C/C=C1/COC=CC1=C.CC.CC. The van der Waals surface area contributed by atoms with Crippen molar-refractivity contribution in [3.05, 3.63) is 48.8 Å². The van der Waals surface area contributed by atoms with Crippen LogP contribution in [0.4, 0.5) is 0 Å². The zero-order chi connectivity index (χ0) is 11.4. The molecule has 0 radical (unpaired) electrons. The van der Waals surface area contributed by atoms with Crippen LogP contribution in [-0.4, -0.2) is 6.61 Å². The number of hydrogen-bond donors (Lipinski definition) is 0. The third-order valence-corrected chi connectivity index (χ3v) is 1.34. The van der Waals surface area contributed by atoms with E-state index in [0.717, 1.165) is 11.1 Å². The van der Waals surface area contributed by atoms with E-state index < -0.39 is 0 Å². The maximum absolute atomic E-state index is 5.05. The van der Waals surface area contributed by atoms with Crippen molar-refractivity contribution in [2.75, 3.05) is 6.61 Å². The monoisotopic (exact) mass is 194 g/mol. The van der Waals surface area contributed by atoms with E-state index in [1.807, 2.05) is 39.8 Å². The first-order valence-electron chi connectivity index (χ1n) is 5.13. The Morgan fingerprint density at radius 2 is 1.86 bits per heavy atom. The van der Waals surface area contributed by atoms with E-state index in [9.17, 15) is 0 Å². The van der Waals surface area contributed by atoms with Gasteiger partial charge in [-0.05, 0) is 17.2 Å². The van der Waals surface area contributed by atoms with Crippen molar-refractivity contribution in [3.63, 3.8) is 0 Å². The molecule has 0 aliphatic carbocycles. The highest BCUT2D eigenvalue weighted by Gasteiger charge is 2.02. The van der Waals surface area contributed by atoms with E-state index in [1.165, 1.54) is 0 Å². The molecular weight excluding hydrogens is 172 g/mol. The summed E-state index contributed by atoms with van der Waals surface area (Å²) >= 11 is 0. The number of hydrogen-bond acceptors (Lipinski definition) is 1. The summed E-state index contributed by atoms with van der Waals surface area (Å²) in [5.41, 5.74) is 2.10. The normalized spacial score (nSPS) is 15.7. The number of rotatable bonds is 1. The molecule has 0 bridgehead atoms. The second-order valence-corrected chi connectivity index (χ2v) is 2.07. The van der Waals surface area contributed by atoms with Gasteiger partial charge in [-0.25, -0.2) is 0 Å². The van der Waals surface area contributed by atoms with Crippen molar-refractivity contribution in [2.24, 2.45) is 0 Å². The summed E-state index contributed by atoms with van der Waals surface area (Å²) in [5, 5.41) is 0. The average molecular weight is 194 g/mol. The summed E-state index contributed by atoms with van der Waals surface area (Å²) in [5.74, 6) is 0. The molecule has 0 atom stereocenters. The molecule has 0 aromatic rings. The van der Waals surface area contributed by atoms with Crippen LogP contribution < -0.4 is 0 Å². The molecule has 14 heavy (non-hydrogen) atoms. The summed E-state index contributed by atoms with van der Waals surface area (Å²) in [4.78, 5) is 0. The molecule has 1 rings (SSSR count). The van der Waals surface area contributed by atoms with Crippen molar-refractivity contribution in [3.8, 4) is 0 Å².